The normalized spacial score (nSPS) is 12.9. The van der Waals surface area contributed by atoms with Gasteiger partial charge in [0.05, 0.1) is 33.4 Å². The molecule has 6 aromatic heterocycles. The Morgan fingerprint density at radius 3 is 0.352 bits per heavy atom. The summed E-state index contributed by atoms with van der Waals surface area (Å²) >= 11 is 0. The average molecular weight is 1880 g/mol. The van der Waals surface area contributed by atoms with Gasteiger partial charge in [0.2, 0.25) is 0 Å². The van der Waals surface area contributed by atoms with E-state index < -0.39 is 223 Å². The van der Waals surface area contributed by atoms with E-state index in [1.807, 2.05) is 0 Å². The van der Waals surface area contributed by atoms with Gasteiger partial charge in [-0.3, -0.25) is 0 Å². The summed E-state index contributed by atoms with van der Waals surface area (Å²) in [5.41, 5.74) is -28.2. The molecule has 0 aliphatic carbocycles. The number of hydrogen-bond donors (Lipinski definition) is 0. The van der Waals surface area contributed by atoms with E-state index in [1.165, 1.54) is 0 Å². The molecule has 0 spiro atoms. The van der Waals surface area contributed by atoms with Crippen LogP contribution in [-0.4, -0.2) is 72.4 Å². The van der Waals surface area contributed by atoms with Crippen molar-refractivity contribution in [1.29, 1.82) is 0 Å². The molecule has 0 aliphatic rings. The van der Waals surface area contributed by atoms with Crippen molar-refractivity contribution in [1.82, 2.24) is 58.1 Å². The fourth-order valence-corrected chi connectivity index (χ4v) is 11.8. The topological polar surface area (TPSA) is 107 Å². The third-order valence-corrected chi connectivity index (χ3v) is 17.1. The van der Waals surface area contributed by atoms with E-state index in [0.717, 1.165) is 0 Å². The van der Waals surface area contributed by atoms with Crippen molar-refractivity contribution in [3.05, 3.63) is 276 Å². The van der Waals surface area contributed by atoms with Crippen molar-refractivity contribution < 1.29 is 192 Å². The van der Waals surface area contributed by atoms with E-state index in [-0.39, 0.29) is 98.1 Å². The smallest absolute Gasteiger partial charge is 0.396 e. The maximum Gasteiger partial charge on any atom is 1.00 e. The first-order chi connectivity index (χ1) is 55.1. The minimum atomic E-state index is -5.45. The van der Waals surface area contributed by atoms with Crippen molar-refractivity contribution >= 4 is 14.2 Å². The second-order valence-electron chi connectivity index (χ2n) is 24.8. The zero-order valence-electron chi connectivity index (χ0n) is 59.1. The number of rotatable bonds is 12. The predicted octanol–water partition coefficient (Wildman–Crippen LogP) is 23.7. The second-order valence-corrected chi connectivity index (χ2v) is 24.8. The van der Waals surface area contributed by atoms with E-state index in [9.17, 15) is 158 Å². The summed E-state index contributed by atoms with van der Waals surface area (Å²) < 4.78 is 501. The minimum Gasteiger partial charge on any atom is -0.396 e. The molecule has 0 saturated carbocycles. The Bertz CT molecular complexity index is 4670. The first-order valence-electron chi connectivity index (χ1n) is 32.5. The largest absolute Gasteiger partial charge is 1.00 e. The summed E-state index contributed by atoms with van der Waals surface area (Å²) in [5.74, 6) is 0. The standard InChI is InChI=1S/2C33H16BF18N6.2C2H4.2Cu/c2*35-28(36,37)19-7-1-16(2-8-19)22-13-25(31(44,45)46)53-56(22)34(57-23(14-26(54-57)32(47,48)49)17-3-9-20(10-4-17)29(38,39)40)58-24(15-27(55-58)33(50,51)52)18-5-11-21(12-6-18)30(41,42)43;2*1-2;;/h2*1-15,34H;2*1-2H2;;/q2*-1;;;2*+1. The van der Waals surface area contributed by atoms with Crippen LogP contribution in [0.1, 0.15) is 67.5 Å². The van der Waals surface area contributed by atoms with Crippen LogP contribution in [0.25, 0.3) is 67.5 Å². The second kappa shape index (κ2) is 34.9. The third-order valence-electron chi connectivity index (χ3n) is 17.1. The molecule has 12 aromatic rings. The number of nitrogens with zero attached hydrogens (tertiary/aromatic N) is 12. The molecular formula is C70H40B2Cu2F36N12. The molecule has 6 heterocycles. The van der Waals surface area contributed by atoms with Crippen LogP contribution >= 0.6 is 0 Å². The molecule has 12 rings (SSSR count). The molecule has 0 radical (unpaired) electrons. The summed E-state index contributed by atoms with van der Waals surface area (Å²) in [6.07, 6.45) is -62.7. The van der Waals surface area contributed by atoms with E-state index in [4.69, 9.17) is 0 Å². The van der Waals surface area contributed by atoms with Gasteiger partial charge in [0.1, 0.15) is 0 Å². The summed E-state index contributed by atoms with van der Waals surface area (Å²) in [5, 5.41) is 20.5. The van der Waals surface area contributed by atoms with E-state index >= 15 is 0 Å². The van der Waals surface area contributed by atoms with Crippen LogP contribution in [-0.2, 0) is 108 Å². The summed E-state index contributed by atoms with van der Waals surface area (Å²) in [7, 11) is -8.19. The molecule has 660 valence electrons. The molecule has 0 saturated heterocycles. The number of halogens is 36. The van der Waals surface area contributed by atoms with Gasteiger partial charge in [-0.1, -0.05) is 72.8 Å². The molecule has 12 nitrogen and oxygen atoms in total. The van der Waals surface area contributed by atoms with Gasteiger partial charge in [-0.25, -0.2) is 30.6 Å². The Kier molecular flexibility index (Phi) is 28.0. The van der Waals surface area contributed by atoms with Gasteiger partial charge in [-0.2, -0.15) is 158 Å². The van der Waals surface area contributed by atoms with Gasteiger partial charge in [0, 0.05) is 34.2 Å². The predicted molar refractivity (Wildman–Crippen MR) is 355 cm³/mol. The summed E-state index contributed by atoms with van der Waals surface area (Å²) in [4.78, 5) is 0. The van der Waals surface area contributed by atoms with E-state index in [0.29, 0.717) is 146 Å². The number of alkyl halides is 36. The first kappa shape index (κ1) is 97.8. The fourth-order valence-electron chi connectivity index (χ4n) is 11.8. The first-order valence-corrected chi connectivity index (χ1v) is 32.5. The Morgan fingerprint density at radius 1 is 0.172 bits per heavy atom. The number of hydrogen-bond acceptors (Lipinski definition) is 6. The quantitative estimate of drug-likeness (QED) is 0.0685. The van der Waals surface area contributed by atoms with Crippen LogP contribution in [0, 0.1) is 0 Å². The maximum atomic E-state index is 14.3. The molecule has 0 unspecified atom stereocenters. The Balaban J connectivity index is 0.000000318. The third kappa shape index (κ3) is 21.8. The molecule has 0 aliphatic heterocycles. The van der Waals surface area contributed by atoms with Crippen LogP contribution in [0.2, 0.25) is 0 Å². The minimum absolute atomic E-state index is 0. The molecular weight excluding hydrogens is 1840 g/mol. The summed E-state index contributed by atoms with van der Waals surface area (Å²) in [6.45, 7) is 12.0. The van der Waals surface area contributed by atoms with Gasteiger partial charge in [0.15, 0.2) is 34.2 Å². The molecule has 0 bridgehead atoms. The molecule has 0 fully saturated rings. The van der Waals surface area contributed by atoms with E-state index in [1.54, 1.807) is 0 Å². The van der Waals surface area contributed by atoms with Crippen LogP contribution in [0.3, 0.4) is 0 Å². The van der Waals surface area contributed by atoms with Crippen LogP contribution < -0.4 is 0 Å². The molecule has 6 aromatic carbocycles. The van der Waals surface area contributed by atoms with Crippen molar-refractivity contribution in [3.8, 4) is 67.5 Å². The zero-order valence-corrected chi connectivity index (χ0v) is 61.0. The van der Waals surface area contributed by atoms with Crippen molar-refractivity contribution in [3.63, 3.8) is 0 Å². The zero-order chi connectivity index (χ0) is 89.9. The SMILES string of the molecule is C=C.C=C.FC(F)(F)c1ccc(-c2cc(C(F)(F)F)nn2[BH-](n2nc(C(F)(F)F)cc2-c2ccc(C(F)(F)F)cc2)n2nc(C(F)(F)F)cc2-c2ccc(C(F)(F)F)cc2)cc1.FC(F)(F)c1ccc(-c2cc(C(F)(F)F)nn2[BH-](n2nc(C(F)(F)F)cc2-c2ccc(C(F)(F)F)cc2)n2nc(C(F)(F)F)cc2-c2ccc(C(F)(F)F)cc2)cc1.[Cu+].[Cu+]. The van der Waals surface area contributed by atoms with Gasteiger partial charge in [0.25, 0.3) is 0 Å². The van der Waals surface area contributed by atoms with E-state index in [2.05, 4.69) is 56.9 Å². The average Bonchev–Trinajstić information content (AvgIpc) is 1.58. The number of benzene rings is 6. The van der Waals surface area contributed by atoms with Crippen LogP contribution in [0.5, 0.6) is 0 Å². The van der Waals surface area contributed by atoms with Crippen LogP contribution in [0.15, 0.2) is 208 Å². The Labute approximate surface area is 679 Å². The van der Waals surface area contributed by atoms with Crippen molar-refractivity contribution in [2.24, 2.45) is 0 Å². The van der Waals surface area contributed by atoms with Crippen molar-refractivity contribution in [2.75, 3.05) is 0 Å². The van der Waals surface area contributed by atoms with Crippen molar-refractivity contribution in [2.45, 2.75) is 74.1 Å². The number of aromatic nitrogens is 12. The van der Waals surface area contributed by atoms with Gasteiger partial charge in [-0.15, -0.1) is 26.3 Å². The molecule has 0 amide bonds. The Morgan fingerprint density at radius 2 is 0.270 bits per heavy atom. The maximum absolute atomic E-state index is 14.3. The van der Waals surface area contributed by atoms with Gasteiger partial charge < -0.3 is 27.6 Å². The van der Waals surface area contributed by atoms with Gasteiger partial charge in [-0.05, 0) is 143 Å². The monoisotopic (exact) mass is 1880 g/mol. The Hall–Kier alpha value is -11.3. The molecule has 0 N–H and O–H groups in total. The molecule has 0 atom stereocenters. The van der Waals surface area contributed by atoms with Crippen LogP contribution in [0.4, 0.5) is 158 Å². The molecule has 52 heteroatoms. The summed E-state index contributed by atoms with van der Waals surface area (Å²) in [6, 6.07) is 13.1. The fraction of sp³-hybridized carbons (Fsp3) is 0.171. The van der Waals surface area contributed by atoms with Gasteiger partial charge >= 0.3 is 122 Å². The molecule has 122 heavy (non-hydrogen) atoms.